The Bertz CT molecular complexity index is 608. The van der Waals surface area contributed by atoms with Gasteiger partial charge >= 0.3 is 5.97 Å². The van der Waals surface area contributed by atoms with Crippen molar-refractivity contribution in [3.8, 4) is 5.69 Å². The van der Waals surface area contributed by atoms with E-state index >= 15 is 0 Å². The molecule has 0 aliphatic heterocycles. The molecule has 1 aromatic carbocycles. The Morgan fingerprint density at radius 2 is 2.05 bits per heavy atom. The Morgan fingerprint density at radius 1 is 1.27 bits per heavy atom. The molecule has 2 aromatic rings. The Morgan fingerprint density at radius 3 is 2.68 bits per heavy atom. The fraction of sp³-hybridized carbons (Fsp3) is 0.333. The minimum absolute atomic E-state index is 0.172. The molecule has 2 rings (SSSR count). The Labute approximate surface area is 128 Å². The van der Waals surface area contributed by atoms with Gasteiger partial charge in [-0.3, -0.25) is 9.59 Å². The number of hydrogen-bond acceptors (Lipinski definition) is 5. The molecule has 0 saturated heterocycles. The van der Waals surface area contributed by atoms with Gasteiger partial charge in [0.05, 0.1) is 12.3 Å². The van der Waals surface area contributed by atoms with E-state index in [4.69, 9.17) is 4.74 Å². The summed E-state index contributed by atoms with van der Waals surface area (Å²) in [4.78, 5) is 27.0. The summed E-state index contributed by atoms with van der Waals surface area (Å²) in [6, 6.07) is 7.03. The predicted molar refractivity (Wildman–Crippen MR) is 79.6 cm³/mol. The predicted octanol–water partition coefficient (Wildman–Crippen LogP) is 1.34. The van der Waals surface area contributed by atoms with Crippen LogP contribution in [0, 0.1) is 0 Å². The minimum atomic E-state index is -0.242. The summed E-state index contributed by atoms with van der Waals surface area (Å²) in [6.07, 6.45) is 3.90. The maximum Gasteiger partial charge on any atom is 0.305 e. The maximum absolute atomic E-state index is 12.0. The average Bonchev–Trinajstić information content (AvgIpc) is 3.06. The number of amides is 1. The lowest BCUT2D eigenvalue weighted by Crippen LogP contribution is -2.25. The molecule has 1 aromatic heterocycles. The van der Waals surface area contributed by atoms with E-state index in [-0.39, 0.29) is 11.9 Å². The summed E-state index contributed by atoms with van der Waals surface area (Å²) in [6.45, 7) is 2.58. The van der Waals surface area contributed by atoms with Gasteiger partial charge in [-0.05, 0) is 37.6 Å². The Hall–Kier alpha value is -2.70. The molecule has 0 spiro atoms. The van der Waals surface area contributed by atoms with Gasteiger partial charge in [0.15, 0.2) is 0 Å². The van der Waals surface area contributed by atoms with E-state index < -0.39 is 0 Å². The molecule has 0 aliphatic carbocycles. The molecule has 116 valence electrons. The Balaban J connectivity index is 1.79. The van der Waals surface area contributed by atoms with Gasteiger partial charge < -0.3 is 10.1 Å². The number of benzene rings is 1. The highest BCUT2D eigenvalue weighted by atomic mass is 16.5. The largest absolute Gasteiger partial charge is 0.466 e. The molecule has 1 N–H and O–H groups in total. The summed E-state index contributed by atoms with van der Waals surface area (Å²) >= 11 is 0. The van der Waals surface area contributed by atoms with Gasteiger partial charge in [0.1, 0.15) is 12.7 Å². The zero-order chi connectivity index (χ0) is 15.8. The zero-order valence-electron chi connectivity index (χ0n) is 12.4. The number of ether oxygens (including phenoxy) is 1. The molecule has 1 heterocycles. The van der Waals surface area contributed by atoms with Crippen molar-refractivity contribution in [2.24, 2.45) is 0 Å². The standard InChI is InChI=1S/C15H18N4O3/c1-2-22-14(20)4-3-9-17-15(21)12-5-7-13(8-6-12)19-11-16-10-18-19/h5-8,10-11H,2-4,9H2,1H3,(H,17,21). The Kier molecular flexibility index (Phi) is 5.65. The molecule has 0 unspecified atom stereocenters. The number of carbonyl (C=O) groups is 2. The fourth-order valence-electron chi connectivity index (χ4n) is 1.88. The number of hydrogen-bond donors (Lipinski definition) is 1. The van der Waals surface area contributed by atoms with E-state index in [2.05, 4.69) is 15.4 Å². The van der Waals surface area contributed by atoms with Gasteiger partial charge in [-0.2, -0.15) is 5.10 Å². The molecule has 0 saturated carbocycles. The van der Waals surface area contributed by atoms with Gasteiger partial charge in [0.25, 0.3) is 5.91 Å². The van der Waals surface area contributed by atoms with Crippen LogP contribution in [0.4, 0.5) is 0 Å². The number of carbonyl (C=O) groups excluding carboxylic acids is 2. The highest BCUT2D eigenvalue weighted by Gasteiger charge is 2.06. The monoisotopic (exact) mass is 302 g/mol. The normalized spacial score (nSPS) is 10.2. The van der Waals surface area contributed by atoms with Crippen molar-refractivity contribution in [2.45, 2.75) is 19.8 Å². The second kappa shape index (κ2) is 7.92. The van der Waals surface area contributed by atoms with Crippen LogP contribution in [0.15, 0.2) is 36.9 Å². The van der Waals surface area contributed by atoms with E-state index in [0.29, 0.717) is 31.6 Å². The number of nitrogens with zero attached hydrogens (tertiary/aromatic N) is 3. The van der Waals surface area contributed by atoms with Crippen molar-refractivity contribution >= 4 is 11.9 Å². The molecule has 0 bridgehead atoms. The summed E-state index contributed by atoms with van der Waals surface area (Å²) in [5.74, 6) is -0.414. The first-order valence-corrected chi connectivity index (χ1v) is 7.09. The third-order valence-electron chi connectivity index (χ3n) is 2.96. The highest BCUT2D eigenvalue weighted by Crippen LogP contribution is 2.08. The summed E-state index contributed by atoms with van der Waals surface area (Å²) < 4.78 is 6.43. The van der Waals surface area contributed by atoms with Crippen molar-refractivity contribution in [3.05, 3.63) is 42.5 Å². The number of aromatic nitrogens is 3. The smallest absolute Gasteiger partial charge is 0.305 e. The lowest BCUT2D eigenvalue weighted by molar-refractivity contribution is -0.143. The average molecular weight is 302 g/mol. The molecule has 1 amide bonds. The molecule has 0 aliphatic rings. The van der Waals surface area contributed by atoms with E-state index in [1.165, 1.54) is 6.33 Å². The second-order valence-electron chi connectivity index (χ2n) is 4.55. The van der Waals surface area contributed by atoms with Crippen LogP contribution >= 0.6 is 0 Å². The second-order valence-corrected chi connectivity index (χ2v) is 4.55. The maximum atomic E-state index is 12.0. The van der Waals surface area contributed by atoms with Crippen LogP contribution in [-0.2, 0) is 9.53 Å². The van der Waals surface area contributed by atoms with Crippen molar-refractivity contribution < 1.29 is 14.3 Å². The summed E-state index contributed by atoms with van der Waals surface area (Å²) in [5.41, 5.74) is 1.39. The first-order chi connectivity index (χ1) is 10.7. The van der Waals surface area contributed by atoms with Gasteiger partial charge in [0, 0.05) is 18.5 Å². The van der Waals surface area contributed by atoms with Crippen LogP contribution < -0.4 is 5.32 Å². The number of rotatable bonds is 7. The molecular formula is C15H18N4O3. The molecule has 22 heavy (non-hydrogen) atoms. The van der Waals surface area contributed by atoms with Crippen molar-refractivity contribution in [1.29, 1.82) is 0 Å². The quantitative estimate of drug-likeness (QED) is 0.616. The van der Waals surface area contributed by atoms with Gasteiger partial charge in [-0.1, -0.05) is 0 Å². The van der Waals surface area contributed by atoms with E-state index in [1.807, 2.05) is 0 Å². The highest BCUT2D eigenvalue weighted by molar-refractivity contribution is 5.94. The van der Waals surface area contributed by atoms with Crippen molar-refractivity contribution in [3.63, 3.8) is 0 Å². The van der Waals surface area contributed by atoms with Crippen LogP contribution in [0.5, 0.6) is 0 Å². The number of nitrogens with one attached hydrogen (secondary N) is 1. The van der Waals surface area contributed by atoms with E-state index in [9.17, 15) is 9.59 Å². The van der Waals surface area contributed by atoms with Crippen molar-refractivity contribution in [2.75, 3.05) is 13.2 Å². The molecule has 7 nitrogen and oxygen atoms in total. The van der Waals surface area contributed by atoms with Crippen LogP contribution in [-0.4, -0.2) is 39.8 Å². The fourth-order valence-corrected chi connectivity index (χ4v) is 1.88. The van der Waals surface area contributed by atoms with Crippen molar-refractivity contribution in [1.82, 2.24) is 20.1 Å². The van der Waals surface area contributed by atoms with Crippen LogP contribution in [0.25, 0.3) is 5.69 Å². The molecule has 0 fully saturated rings. The zero-order valence-corrected chi connectivity index (χ0v) is 12.4. The van der Waals surface area contributed by atoms with Crippen LogP contribution in [0.3, 0.4) is 0 Å². The third kappa shape index (κ3) is 4.41. The lowest BCUT2D eigenvalue weighted by atomic mass is 10.2. The molecule has 0 radical (unpaired) electrons. The third-order valence-corrected chi connectivity index (χ3v) is 2.96. The molecular weight excluding hydrogens is 284 g/mol. The lowest BCUT2D eigenvalue weighted by Gasteiger charge is -2.06. The van der Waals surface area contributed by atoms with Gasteiger partial charge in [0.2, 0.25) is 0 Å². The van der Waals surface area contributed by atoms with Gasteiger partial charge in [-0.25, -0.2) is 9.67 Å². The topological polar surface area (TPSA) is 86.1 Å². The summed E-state index contributed by atoms with van der Waals surface area (Å²) in [5, 5.41) is 6.78. The minimum Gasteiger partial charge on any atom is -0.466 e. The SMILES string of the molecule is CCOC(=O)CCCNC(=O)c1ccc(-n2cncn2)cc1. The van der Waals surface area contributed by atoms with Crippen LogP contribution in [0.2, 0.25) is 0 Å². The summed E-state index contributed by atoms with van der Waals surface area (Å²) in [7, 11) is 0. The first kappa shape index (κ1) is 15.7. The molecule has 0 atom stereocenters. The molecule has 7 heteroatoms. The van der Waals surface area contributed by atoms with Gasteiger partial charge in [-0.15, -0.1) is 0 Å². The van der Waals surface area contributed by atoms with E-state index in [0.717, 1.165) is 5.69 Å². The number of esters is 1. The van der Waals surface area contributed by atoms with E-state index in [1.54, 1.807) is 42.2 Å². The first-order valence-electron chi connectivity index (χ1n) is 7.09. The van der Waals surface area contributed by atoms with Crippen LogP contribution in [0.1, 0.15) is 30.1 Å².